The molecule has 2 rings (SSSR count). The summed E-state index contributed by atoms with van der Waals surface area (Å²) in [5.74, 6) is 1.64. The normalized spacial score (nSPS) is 12.1. The smallest absolute Gasteiger partial charge is 0.192 e. The Kier molecular flexibility index (Phi) is 9.40. The van der Waals surface area contributed by atoms with Gasteiger partial charge in [-0.2, -0.15) is 0 Å². The lowest BCUT2D eigenvalue weighted by molar-refractivity contribution is 0.405. The third-order valence-corrected chi connectivity index (χ3v) is 4.05. The van der Waals surface area contributed by atoms with Gasteiger partial charge in [-0.3, -0.25) is 4.98 Å². The first-order valence-electron chi connectivity index (χ1n) is 8.65. The molecule has 1 atom stereocenters. The van der Waals surface area contributed by atoms with E-state index in [2.05, 4.69) is 66.5 Å². The molecule has 0 aliphatic carbocycles. The summed E-state index contributed by atoms with van der Waals surface area (Å²) in [6.07, 6.45) is 1.80. The van der Waals surface area contributed by atoms with Crippen LogP contribution in [0.5, 0.6) is 5.75 Å². The van der Waals surface area contributed by atoms with Crippen LogP contribution < -0.4 is 15.4 Å². The lowest BCUT2D eigenvalue weighted by atomic mass is 10.0. The third-order valence-electron chi connectivity index (χ3n) is 4.05. The van der Waals surface area contributed by atoms with E-state index in [1.165, 1.54) is 5.56 Å². The van der Waals surface area contributed by atoms with Gasteiger partial charge in [0.1, 0.15) is 5.75 Å². The minimum Gasteiger partial charge on any atom is -0.496 e. The van der Waals surface area contributed by atoms with Gasteiger partial charge in [-0.05, 0) is 45.4 Å². The molecule has 142 valence electrons. The maximum absolute atomic E-state index is 5.50. The largest absolute Gasteiger partial charge is 0.496 e. The van der Waals surface area contributed by atoms with E-state index in [1.807, 2.05) is 12.1 Å². The summed E-state index contributed by atoms with van der Waals surface area (Å²) in [6, 6.07) is 10.3. The van der Waals surface area contributed by atoms with Gasteiger partial charge in [0, 0.05) is 18.3 Å². The molecule has 0 bridgehead atoms. The van der Waals surface area contributed by atoms with Gasteiger partial charge < -0.3 is 15.4 Å². The van der Waals surface area contributed by atoms with Gasteiger partial charge in [-0.25, -0.2) is 4.99 Å². The molecule has 1 unspecified atom stereocenters. The molecule has 0 spiro atoms. The molecule has 0 saturated carbocycles. The minimum absolute atomic E-state index is 0. The molecule has 0 aliphatic heterocycles. The summed E-state index contributed by atoms with van der Waals surface area (Å²) in [5.41, 5.74) is 4.45. The zero-order chi connectivity index (χ0) is 18.2. The third kappa shape index (κ3) is 6.16. The van der Waals surface area contributed by atoms with Gasteiger partial charge in [0.25, 0.3) is 0 Å². The summed E-state index contributed by atoms with van der Waals surface area (Å²) in [4.78, 5) is 9.08. The van der Waals surface area contributed by atoms with Crippen LogP contribution >= 0.6 is 24.0 Å². The van der Waals surface area contributed by atoms with Crippen molar-refractivity contribution in [2.45, 2.75) is 40.3 Å². The van der Waals surface area contributed by atoms with Gasteiger partial charge in [0.05, 0.1) is 25.4 Å². The second-order valence-corrected chi connectivity index (χ2v) is 6.07. The lowest BCUT2D eigenvalue weighted by Crippen LogP contribution is -2.38. The monoisotopic (exact) mass is 468 g/mol. The van der Waals surface area contributed by atoms with E-state index in [-0.39, 0.29) is 30.0 Å². The van der Waals surface area contributed by atoms with Crippen molar-refractivity contribution in [1.29, 1.82) is 0 Å². The Morgan fingerprint density at radius 1 is 1.27 bits per heavy atom. The number of hydrogen-bond acceptors (Lipinski definition) is 3. The Hall–Kier alpha value is -1.83. The minimum atomic E-state index is 0. The highest BCUT2D eigenvalue weighted by Crippen LogP contribution is 2.25. The molecule has 2 aromatic rings. The number of aryl methyl sites for hydroxylation is 2. The lowest BCUT2D eigenvalue weighted by Gasteiger charge is -2.20. The molecule has 0 fully saturated rings. The van der Waals surface area contributed by atoms with Gasteiger partial charge in [0.15, 0.2) is 5.96 Å². The van der Waals surface area contributed by atoms with Crippen molar-refractivity contribution in [3.63, 3.8) is 0 Å². The standard InChI is InChI=1S/C20H28N4O.HI/c1-6-21-20(23-13-18-15(3)8-7-11-22-18)24-16(4)17-12-14(2)9-10-19(17)25-5;/h7-12,16H,6,13H2,1-5H3,(H2,21,23,24);1H. The summed E-state index contributed by atoms with van der Waals surface area (Å²) < 4.78 is 5.50. The van der Waals surface area contributed by atoms with Crippen molar-refractivity contribution in [2.75, 3.05) is 13.7 Å². The Labute approximate surface area is 173 Å². The number of aliphatic imine (C=N–C) groups is 1. The van der Waals surface area contributed by atoms with E-state index < -0.39 is 0 Å². The van der Waals surface area contributed by atoms with Crippen LogP contribution in [-0.4, -0.2) is 24.6 Å². The van der Waals surface area contributed by atoms with E-state index in [9.17, 15) is 0 Å². The first kappa shape index (κ1) is 22.2. The zero-order valence-corrected chi connectivity index (χ0v) is 18.5. The van der Waals surface area contributed by atoms with E-state index in [0.29, 0.717) is 6.54 Å². The zero-order valence-electron chi connectivity index (χ0n) is 16.2. The predicted molar refractivity (Wildman–Crippen MR) is 118 cm³/mol. The van der Waals surface area contributed by atoms with Gasteiger partial charge in [0.2, 0.25) is 0 Å². The first-order chi connectivity index (χ1) is 12.0. The summed E-state index contributed by atoms with van der Waals surface area (Å²) in [7, 11) is 1.70. The van der Waals surface area contributed by atoms with E-state index >= 15 is 0 Å². The Balaban J connectivity index is 0.00000338. The van der Waals surface area contributed by atoms with Crippen molar-refractivity contribution >= 4 is 29.9 Å². The number of aromatic nitrogens is 1. The van der Waals surface area contributed by atoms with Crippen LogP contribution in [0.3, 0.4) is 0 Å². The van der Waals surface area contributed by atoms with Crippen LogP contribution in [0.15, 0.2) is 41.5 Å². The topological polar surface area (TPSA) is 58.5 Å². The molecule has 1 aromatic carbocycles. The molecule has 1 aromatic heterocycles. The number of methoxy groups -OCH3 is 1. The highest BCUT2D eigenvalue weighted by molar-refractivity contribution is 14.0. The van der Waals surface area contributed by atoms with Crippen LogP contribution in [0.1, 0.15) is 42.3 Å². The highest BCUT2D eigenvalue weighted by Gasteiger charge is 2.13. The molecule has 2 N–H and O–H groups in total. The molecular weight excluding hydrogens is 439 g/mol. The molecular formula is C20H29IN4O. The average Bonchev–Trinajstić information content (AvgIpc) is 2.61. The predicted octanol–water partition coefficient (Wildman–Crippen LogP) is 4.14. The molecule has 0 radical (unpaired) electrons. The second-order valence-electron chi connectivity index (χ2n) is 6.07. The van der Waals surface area contributed by atoms with Crippen molar-refractivity contribution in [3.05, 3.63) is 58.9 Å². The van der Waals surface area contributed by atoms with E-state index in [1.54, 1.807) is 13.3 Å². The molecule has 0 saturated heterocycles. The van der Waals surface area contributed by atoms with Crippen LogP contribution in [0.2, 0.25) is 0 Å². The SMILES string of the molecule is CCNC(=NCc1ncccc1C)NC(C)c1cc(C)ccc1OC.I. The molecule has 6 heteroatoms. The van der Waals surface area contributed by atoms with Crippen molar-refractivity contribution in [2.24, 2.45) is 4.99 Å². The van der Waals surface area contributed by atoms with Crippen molar-refractivity contribution < 1.29 is 4.74 Å². The average molecular weight is 468 g/mol. The Bertz CT molecular complexity index is 734. The Morgan fingerprint density at radius 3 is 2.69 bits per heavy atom. The number of benzene rings is 1. The first-order valence-corrected chi connectivity index (χ1v) is 8.65. The van der Waals surface area contributed by atoms with E-state index in [0.717, 1.165) is 35.1 Å². The number of rotatable bonds is 6. The van der Waals surface area contributed by atoms with Gasteiger partial charge >= 0.3 is 0 Å². The fourth-order valence-corrected chi connectivity index (χ4v) is 2.63. The number of nitrogens with zero attached hydrogens (tertiary/aromatic N) is 2. The van der Waals surface area contributed by atoms with Crippen LogP contribution in [-0.2, 0) is 6.54 Å². The van der Waals surface area contributed by atoms with Gasteiger partial charge in [-0.1, -0.05) is 23.8 Å². The van der Waals surface area contributed by atoms with Crippen LogP contribution in [0.25, 0.3) is 0 Å². The van der Waals surface area contributed by atoms with Crippen molar-refractivity contribution in [1.82, 2.24) is 15.6 Å². The molecule has 5 nitrogen and oxygen atoms in total. The molecule has 26 heavy (non-hydrogen) atoms. The molecule has 1 heterocycles. The fourth-order valence-electron chi connectivity index (χ4n) is 2.63. The summed E-state index contributed by atoms with van der Waals surface area (Å²) >= 11 is 0. The number of nitrogens with one attached hydrogen (secondary N) is 2. The molecule has 0 aliphatic rings. The van der Waals surface area contributed by atoms with Gasteiger partial charge in [-0.15, -0.1) is 24.0 Å². The number of ether oxygens (including phenoxy) is 1. The second kappa shape index (κ2) is 11.0. The molecule has 0 amide bonds. The maximum atomic E-state index is 5.50. The van der Waals surface area contributed by atoms with E-state index in [4.69, 9.17) is 4.74 Å². The number of pyridine rings is 1. The maximum Gasteiger partial charge on any atom is 0.192 e. The van der Waals surface area contributed by atoms with Crippen LogP contribution in [0, 0.1) is 13.8 Å². The number of guanidine groups is 1. The number of halogens is 1. The quantitative estimate of drug-likeness (QED) is 0.380. The fraction of sp³-hybridized carbons (Fsp3) is 0.400. The Morgan fingerprint density at radius 2 is 2.04 bits per heavy atom. The number of hydrogen-bond donors (Lipinski definition) is 2. The summed E-state index contributed by atoms with van der Waals surface area (Å²) in [6.45, 7) is 9.64. The highest BCUT2D eigenvalue weighted by atomic mass is 127. The van der Waals surface area contributed by atoms with Crippen LogP contribution in [0.4, 0.5) is 0 Å². The van der Waals surface area contributed by atoms with Crippen molar-refractivity contribution in [3.8, 4) is 5.75 Å². The summed E-state index contributed by atoms with van der Waals surface area (Å²) in [5, 5.41) is 6.75.